The summed E-state index contributed by atoms with van der Waals surface area (Å²) in [4.78, 5) is 53.3. The largest absolute Gasteiger partial charge is 0.496 e. The first-order chi connectivity index (χ1) is 24.4. The van der Waals surface area contributed by atoms with Crippen molar-refractivity contribution in [2.45, 2.75) is 65.2 Å². The van der Waals surface area contributed by atoms with Gasteiger partial charge in [0.1, 0.15) is 11.6 Å². The van der Waals surface area contributed by atoms with E-state index in [2.05, 4.69) is 11.4 Å². The van der Waals surface area contributed by atoms with Crippen molar-refractivity contribution >= 4 is 41.1 Å². The summed E-state index contributed by atoms with van der Waals surface area (Å²) in [6.07, 6.45) is 8.74. The number of hydrogen-bond acceptors (Lipinski definition) is 6. The van der Waals surface area contributed by atoms with Crippen molar-refractivity contribution < 1.29 is 23.5 Å². The SMILES string of the molecule is COc1cc(-c2cn(C)c(=O)c(C)c2C)cc(Cl)c1C=C1CCN(C(=O)CC2CCN(c3ccc(CC4CCC(=O)NC4=O)cc3F)CC2)CC1. The number of amides is 3. The Balaban J connectivity index is 1.01. The Bertz CT molecular complexity index is 1940. The molecule has 51 heavy (non-hydrogen) atoms. The molecule has 3 amide bonds. The third-order valence-corrected chi connectivity index (χ3v) is 11.2. The van der Waals surface area contributed by atoms with Gasteiger partial charge in [0.25, 0.3) is 5.56 Å². The lowest BCUT2D eigenvalue weighted by Gasteiger charge is -2.35. The number of halogens is 2. The Morgan fingerprint density at radius 1 is 1.00 bits per heavy atom. The number of anilines is 1. The highest BCUT2D eigenvalue weighted by atomic mass is 35.5. The van der Waals surface area contributed by atoms with E-state index in [1.807, 2.05) is 48.0 Å². The van der Waals surface area contributed by atoms with Gasteiger partial charge in [0.2, 0.25) is 17.7 Å². The highest BCUT2D eigenvalue weighted by molar-refractivity contribution is 6.32. The van der Waals surface area contributed by atoms with Gasteiger partial charge in [-0.3, -0.25) is 24.5 Å². The number of ether oxygens (including phenoxy) is 1. The van der Waals surface area contributed by atoms with Gasteiger partial charge in [0.05, 0.1) is 17.8 Å². The fourth-order valence-electron chi connectivity index (χ4n) is 7.62. The molecule has 1 aromatic heterocycles. The molecule has 0 spiro atoms. The molecular formula is C40H46ClFN4O5. The van der Waals surface area contributed by atoms with E-state index >= 15 is 4.39 Å². The van der Waals surface area contributed by atoms with Crippen molar-refractivity contribution in [2.75, 3.05) is 38.2 Å². The van der Waals surface area contributed by atoms with Gasteiger partial charge >= 0.3 is 0 Å². The van der Waals surface area contributed by atoms with Crippen molar-refractivity contribution in [3.63, 3.8) is 0 Å². The maximum absolute atomic E-state index is 15.2. The standard InChI is InChI=1S/C40H46ClFN4O5/c1-24-25(2)40(50)44(3)23-32(24)30-21-33(41)31(36(22-30)51-4)18-26-11-15-46(16-12-26)38(48)20-27-9-13-45(14-10-27)35-7-5-28(19-34(35)42)17-29-6-8-37(47)43-39(29)49/h5,7,18-19,21-23,27,29H,6,8-17,20H2,1-4H3,(H,43,47,49). The highest BCUT2D eigenvalue weighted by Crippen LogP contribution is 2.37. The van der Waals surface area contributed by atoms with Crippen molar-refractivity contribution in [3.8, 4) is 16.9 Å². The Labute approximate surface area is 303 Å². The molecule has 0 bridgehead atoms. The fraction of sp³-hybridized carbons (Fsp3) is 0.450. The summed E-state index contributed by atoms with van der Waals surface area (Å²) in [5.74, 6) is -0.0952. The predicted molar refractivity (Wildman–Crippen MR) is 197 cm³/mol. The second kappa shape index (κ2) is 15.4. The van der Waals surface area contributed by atoms with Crippen LogP contribution in [0.3, 0.4) is 0 Å². The van der Waals surface area contributed by atoms with Crippen molar-refractivity contribution in [1.82, 2.24) is 14.8 Å². The fourth-order valence-corrected chi connectivity index (χ4v) is 7.89. The second-order valence-corrected chi connectivity index (χ2v) is 14.6. The van der Waals surface area contributed by atoms with E-state index in [4.69, 9.17) is 16.3 Å². The smallest absolute Gasteiger partial charge is 0.253 e. The zero-order valence-electron chi connectivity index (χ0n) is 29.8. The lowest BCUT2D eigenvalue weighted by Crippen LogP contribution is -2.41. The van der Waals surface area contributed by atoms with Gasteiger partial charge in [-0.15, -0.1) is 0 Å². The number of aromatic nitrogens is 1. The summed E-state index contributed by atoms with van der Waals surface area (Å²) in [7, 11) is 3.37. The normalized spacial score (nSPS) is 18.5. The molecule has 3 aromatic rings. The van der Waals surface area contributed by atoms with Gasteiger partial charge in [0, 0.05) is 74.9 Å². The zero-order chi connectivity index (χ0) is 36.4. The van der Waals surface area contributed by atoms with Crippen LogP contribution in [0.2, 0.25) is 5.02 Å². The average molecular weight is 717 g/mol. The molecule has 270 valence electrons. The van der Waals surface area contributed by atoms with E-state index in [1.165, 1.54) is 11.6 Å². The van der Waals surface area contributed by atoms with Crippen LogP contribution in [0.25, 0.3) is 17.2 Å². The first-order valence-electron chi connectivity index (χ1n) is 17.8. The Hall–Kier alpha value is -4.44. The average Bonchev–Trinajstić information content (AvgIpc) is 3.11. The number of nitrogens with zero attached hydrogens (tertiary/aromatic N) is 3. The minimum Gasteiger partial charge on any atom is -0.496 e. The third-order valence-electron chi connectivity index (χ3n) is 10.9. The van der Waals surface area contributed by atoms with Crippen LogP contribution in [0.5, 0.6) is 5.75 Å². The number of rotatable bonds is 8. The summed E-state index contributed by atoms with van der Waals surface area (Å²) in [5.41, 5.74) is 6.71. The first-order valence-corrected chi connectivity index (χ1v) is 18.2. The molecule has 2 aromatic carbocycles. The number of pyridine rings is 1. The Morgan fingerprint density at radius 3 is 2.39 bits per heavy atom. The van der Waals surface area contributed by atoms with Crippen LogP contribution < -0.4 is 20.5 Å². The van der Waals surface area contributed by atoms with Crippen molar-refractivity contribution in [1.29, 1.82) is 0 Å². The van der Waals surface area contributed by atoms with Gasteiger partial charge < -0.3 is 19.1 Å². The number of nitrogens with one attached hydrogen (secondary N) is 1. The van der Waals surface area contributed by atoms with E-state index in [1.54, 1.807) is 24.8 Å². The van der Waals surface area contributed by atoms with E-state index < -0.39 is 0 Å². The number of carbonyl (C=O) groups is 3. The van der Waals surface area contributed by atoms with E-state index in [0.29, 0.717) is 73.9 Å². The Morgan fingerprint density at radius 2 is 1.73 bits per heavy atom. The third kappa shape index (κ3) is 8.06. The van der Waals surface area contributed by atoms with Gasteiger partial charge in [-0.05, 0) is 99.2 Å². The molecule has 0 saturated carbocycles. The molecule has 3 aliphatic rings. The number of benzene rings is 2. The molecule has 0 aliphatic carbocycles. The number of hydrogen-bond donors (Lipinski definition) is 1. The quantitative estimate of drug-likeness (QED) is 0.272. The highest BCUT2D eigenvalue weighted by Gasteiger charge is 2.29. The van der Waals surface area contributed by atoms with Crippen molar-refractivity contribution in [2.24, 2.45) is 18.9 Å². The van der Waals surface area contributed by atoms with E-state index in [-0.39, 0.29) is 40.9 Å². The molecule has 9 nitrogen and oxygen atoms in total. The van der Waals surface area contributed by atoms with Gasteiger partial charge in [-0.25, -0.2) is 4.39 Å². The monoisotopic (exact) mass is 716 g/mol. The van der Waals surface area contributed by atoms with Crippen LogP contribution in [-0.2, 0) is 27.9 Å². The zero-order valence-corrected chi connectivity index (χ0v) is 30.6. The number of likely N-dealkylation sites (tertiary alicyclic amines) is 1. The van der Waals surface area contributed by atoms with Gasteiger partial charge in [0.15, 0.2) is 0 Å². The molecule has 1 unspecified atom stereocenters. The van der Waals surface area contributed by atoms with Gasteiger partial charge in [-0.2, -0.15) is 0 Å². The van der Waals surface area contributed by atoms with Crippen LogP contribution in [0.1, 0.15) is 67.2 Å². The van der Waals surface area contributed by atoms with Gasteiger partial charge in [-0.1, -0.05) is 29.3 Å². The summed E-state index contributed by atoms with van der Waals surface area (Å²) < 4.78 is 22.5. The number of piperidine rings is 3. The topological polar surface area (TPSA) is 101 Å². The lowest BCUT2D eigenvalue weighted by molar-refractivity contribution is -0.136. The summed E-state index contributed by atoms with van der Waals surface area (Å²) in [6, 6.07) is 9.04. The van der Waals surface area contributed by atoms with Crippen molar-refractivity contribution in [3.05, 3.63) is 85.5 Å². The molecule has 1 N–H and O–H groups in total. The van der Waals surface area contributed by atoms with Crippen LogP contribution in [0.15, 0.2) is 46.9 Å². The van der Waals surface area contributed by atoms with E-state index in [9.17, 15) is 19.2 Å². The first kappa shape index (κ1) is 36.4. The number of carbonyl (C=O) groups excluding carboxylic acids is 3. The number of methoxy groups -OCH3 is 1. The molecule has 4 heterocycles. The molecular weight excluding hydrogens is 671 g/mol. The summed E-state index contributed by atoms with van der Waals surface area (Å²) >= 11 is 6.84. The molecule has 1 atom stereocenters. The lowest BCUT2D eigenvalue weighted by atomic mass is 9.90. The molecule has 6 rings (SSSR count). The molecule has 3 saturated heterocycles. The minimum absolute atomic E-state index is 0.0216. The minimum atomic E-state index is -0.322. The molecule has 3 fully saturated rings. The maximum atomic E-state index is 15.2. The summed E-state index contributed by atoms with van der Waals surface area (Å²) in [6.45, 7) is 6.42. The van der Waals surface area contributed by atoms with Crippen LogP contribution in [0.4, 0.5) is 10.1 Å². The maximum Gasteiger partial charge on any atom is 0.253 e. The van der Waals surface area contributed by atoms with Crippen LogP contribution in [0, 0.1) is 31.5 Å². The number of imide groups is 1. The van der Waals surface area contributed by atoms with Crippen LogP contribution >= 0.6 is 11.6 Å². The summed E-state index contributed by atoms with van der Waals surface area (Å²) in [5, 5.41) is 2.93. The Kier molecular flexibility index (Phi) is 11.0. The van der Waals surface area contributed by atoms with E-state index in [0.717, 1.165) is 53.5 Å². The number of aryl methyl sites for hydroxylation is 1. The second-order valence-electron chi connectivity index (χ2n) is 14.2. The molecule has 0 radical (unpaired) electrons. The van der Waals surface area contributed by atoms with Crippen LogP contribution in [-0.4, -0.2) is 60.5 Å². The molecule has 3 aliphatic heterocycles. The molecule has 11 heteroatoms. The predicted octanol–water partition coefficient (Wildman–Crippen LogP) is 6.38.